The molecule has 19 heavy (non-hydrogen) atoms. The number of anilines is 1. The molecule has 2 N–H and O–H groups in total. The molecule has 1 aromatic carbocycles. The van der Waals surface area contributed by atoms with Crippen LogP contribution in [0.1, 0.15) is 11.1 Å². The Morgan fingerprint density at radius 2 is 1.58 bits per heavy atom. The van der Waals surface area contributed by atoms with Gasteiger partial charge in [-0.3, -0.25) is 9.59 Å². The van der Waals surface area contributed by atoms with Gasteiger partial charge >= 0.3 is 0 Å². The summed E-state index contributed by atoms with van der Waals surface area (Å²) in [5.74, 6) is -1.24. The van der Waals surface area contributed by atoms with Gasteiger partial charge in [-0.05, 0) is 37.1 Å². The van der Waals surface area contributed by atoms with Gasteiger partial charge < -0.3 is 10.6 Å². The highest BCUT2D eigenvalue weighted by molar-refractivity contribution is 6.54. The van der Waals surface area contributed by atoms with Gasteiger partial charge in [0.15, 0.2) is 0 Å². The number of nitrogens with one attached hydrogen (secondary N) is 2. The summed E-state index contributed by atoms with van der Waals surface area (Å²) in [4.78, 5) is 23.0. The van der Waals surface area contributed by atoms with Gasteiger partial charge in [-0.15, -0.1) is 0 Å². The van der Waals surface area contributed by atoms with E-state index in [0.717, 1.165) is 11.1 Å². The van der Waals surface area contributed by atoms with Crippen molar-refractivity contribution in [3.05, 3.63) is 39.4 Å². The Balaban J connectivity index is 2.90. The van der Waals surface area contributed by atoms with Crippen LogP contribution in [0.5, 0.6) is 0 Å². The molecule has 0 saturated heterocycles. The van der Waals surface area contributed by atoms with E-state index >= 15 is 0 Å². The lowest BCUT2D eigenvalue weighted by atomic mass is 10.1. The fourth-order valence-electron chi connectivity index (χ4n) is 1.31. The molecule has 0 aromatic heterocycles. The van der Waals surface area contributed by atoms with E-state index in [1.165, 1.54) is 7.05 Å². The fourth-order valence-corrected chi connectivity index (χ4v) is 1.63. The van der Waals surface area contributed by atoms with Crippen LogP contribution in [0, 0.1) is 13.8 Å². The molecule has 0 aliphatic heterocycles. The second kappa shape index (κ2) is 6.59. The quantitative estimate of drug-likeness (QED) is 0.843. The highest BCUT2D eigenvalue weighted by Crippen LogP contribution is 2.19. The molecule has 0 saturated carbocycles. The van der Waals surface area contributed by atoms with Crippen molar-refractivity contribution >= 4 is 40.7 Å². The maximum absolute atomic E-state index is 11.8. The van der Waals surface area contributed by atoms with Crippen molar-refractivity contribution in [2.24, 2.45) is 0 Å². The van der Waals surface area contributed by atoms with Crippen LogP contribution in [0.25, 0.3) is 0 Å². The molecule has 4 nitrogen and oxygen atoms in total. The van der Waals surface area contributed by atoms with E-state index in [9.17, 15) is 9.59 Å². The lowest BCUT2D eigenvalue weighted by molar-refractivity contribution is -0.117. The van der Waals surface area contributed by atoms with E-state index in [1.807, 2.05) is 26.0 Å². The Hall–Kier alpha value is -1.52. The largest absolute Gasteiger partial charge is 0.354 e. The maximum Gasteiger partial charge on any atom is 0.268 e. The van der Waals surface area contributed by atoms with Gasteiger partial charge in [0.2, 0.25) is 0 Å². The Kier molecular flexibility index (Phi) is 5.39. The van der Waals surface area contributed by atoms with Crippen molar-refractivity contribution in [3.8, 4) is 0 Å². The summed E-state index contributed by atoms with van der Waals surface area (Å²) in [6.45, 7) is 3.90. The topological polar surface area (TPSA) is 58.2 Å². The zero-order chi connectivity index (χ0) is 14.6. The molecule has 0 bridgehead atoms. The van der Waals surface area contributed by atoms with Crippen LogP contribution in [0.2, 0.25) is 0 Å². The molecule has 0 spiro atoms. The van der Waals surface area contributed by atoms with E-state index in [4.69, 9.17) is 23.2 Å². The first-order chi connectivity index (χ1) is 8.86. The Morgan fingerprint density at radius 3 is 2.11 bits per heavy atom. The normalized spacial score (nSPS) is 11.6. The smallest absolute Gasteiger partial charge is 0.268 e. The first kappa shape index (κ1) is 15.5. The molecular weight excluding hydrogens is 287 g/mol. The summed E-state index contributed by atoms with van der Waals surface area (Å²) in [5.41, 5.74) is 2.74. The van der Waals surface area contributed by atoms with E-state index in [1.54, 1.807) is 6.07 Å². The van der Waals surface area contributed by atoms with Crippen molar-refractivity contribution in [2.75, 3.05) is 12.4 Å². The standard InChI is InChI=1S/C13H14Cl2N2O2/c1-7-4-5-9(6-8(7)2)17-13(19)11(15)10(14)12(18)16-3/h4-6H,1-3H3,(H,16,18)(H,17,19)/b11-10-. The van der Waals surface area contributed by atoms with Crippen LogP contribution in [-0.4, -0.2) is 18.9 Å². The van der Waals surface area contributed by atoms with Gasteiger partial charge in [0.05, 0.1) is 0 Å². The molecule has 0 aliphatic rings. The number of aryl methyl sites for hydroxylation is 2. The molecular formula is C13H14Cl2N2O2. The molecule has 0 heterocycles. The minimum Gasteiger partial charge on any atom is -0.354 e. The Morgan fingerprint density at radius 1 is 1.00 bits per heavy atom. The van der Waals surface area contributed by atoms with Crippen LogP contribution in [-0.2, 0) is 9.59 Å². The molecule has 6 heteroatoms. The van der Waals surface area contributed by atoms with Crippen LogP contribution in [0.15, 0.2) is 28.3 Å². The van der Waals surface area contributed by atoms with Crippen molar-refractivity contribution < 1.29 is 9.59 Å². The van der Waals surface area contributed by atoms with Crippen LogP contribution in [0.3, 0.4) is 0 Å². The molecule has 1 aromatic rings. The third kappa shape index (κ3) is 3.98. The number of carbonyl (C=O) groups excluding carboxylic acids is 2. The van der Waals surface area contributed by atoms with Crippen molar-refractivity contribution in [1.29, 1.82) is 0 Å². The number of likely N-dealkylation sites (N-methyl/N-ethyl adjacent to an activating group) is 1. The Bertz CT molecular complexity index is 554. The summed E-state index contributed by atoms with van der Waals surface area (Å²) in [6.07, 6.45) is 0. The van der Waals surface area contributed by atoms with Crippen molar-refractivity contribution in [1.82, 2.24) is 5.32 Å². The average molecular weight is 301 g/mol. The second-order valence-electron chi connectivity index (χ2n) is 3.96. The average Bonchev–Trinajstić information content (AvgIpc) is 2.40. The number of hydrogen-bond donors (Lipinski definition) is 2. The van der Waals surface area contributed by atoms with Gasteiger partial charge in [-0.1, -0.05) is 29.3 Å². The molecule has 0 atom stereocenters. The third-order valence-corrected chi connectivity index (χ3v) is 3.40. The highest BCUT2D eigenvalue weighted by Gasteiger charge is 2.17. The zero-order valence-electron chi connectivity index (χ0n) is 10.8. The number of amides is 2. The van der Waals surface area contributed by atoms with E-state index in [2.05, 4.69) is 10.6 Å². The van der Waals surface area contributed by atoms with Gasteiger partial charge in [-0.25, -0.2) is 0 Å². The minimum atomic E-state index is -0.626. The molecule has 0 radical (unpaired) electrons. The van der Waals surface area contributed by atoms with Crippen molar-refractivity contribution in [3.63, 3.8) is 0 Å². The summed E-state index contributed by atoms with van der Waals surface area (Å²) < 4.78 is 0. The molecule has 1 rings (SSSR count). The van der Waals surface area contributed by atoms with Gasteiger partial charge in [0.25, 0.3) is 11.8 Å². The van der Waals surface area contributed by atoms with Crippen molar-refractivity contribution in [2.45, 2.75) is 13.8 Å². The molecule has 2 amide bonds. The number of hydrogen-bond acceptors (Lipinski definition) is 2. The lowest BCUT2D eigenvalue weighted by Gasteiger charge is -2.08. The van der Waals surface area contributed by atoms with E-state index in [-0.39, 0.29) is 10.1 Å². The maximum atomic E-state index is 11.8. The number of halogens is 2. The predicted molar refractivity (Wildman–Crippen MR) is 77.3 cm³/mol. The van der Waals surface area contributed by atoms with Crippen LogP contribution < -0.4 is 10.6 Å². The van der Waals surface area contributed by atoms with E-state index in [0.29, 0.717) is 5.69 Å². The summed E-state index contributed by atoms with van der Waals surface area (Å²) in [7, 11) is 1.40. The van der Waals surface area contributed by atoms with Crippen LogP contribution >= 0.6 is 23.2 Å². The molecule has 0 fully saturated rings. The van der Waals surface area contributed by atoms with Crippen LogP contribution in [0.4, 0.5) is 5.69 Å². The minimum absolute atomic E-state index is 0.342. The SMILES string of the molecule is CNC(=O)/C(Cl)=C(/Cl)C(=O)Nc1ccc(C)c(C)c1. The number of benzene rings is 1. The summed E-state index contributed by atoms with van der Waals surface area (Å²) >= 11 is 11.4. The third-order valence-electron chi connectivity index (χ3n) is 2.58. The summed E-state index contributed by atoms with van der Waals surface area (Å²) in [5, 5.41) is 4.17. The monoisotopic (exact) mass is 300 g/mol. The van der Waals surface area contributed by atoms with E-state index < -0.39 is 11.8 Å². The predicted octanol–water partition coefficient (Wildman–Crippen LogP) is 2.68. The molecule has 0 unspecified atom stereocenters. The number of carbonyl (C=O) groups is 2. The molecule has 0 aliphatic carbocycles. The lowest BCUT2D eigenvalue weighted by Crippen LogP contribution is -2.21. The first-order valence-electron chi connectivity index (χ1n) is 5.52. The van der Waals surface area contributed by atoms with Gasteiger partial charge in [-0.2, -0.15) is 0 Å². The zero-order valence-corrected chi connectivity index (χ0v) is 12.3. The Labute approximate surface area is 121 Å². The number of rotatable bonds is 3. The fraction of sp³-hybridized carbons (Fsp3) is 0.231. The summed E-state index contributed by atoms with van der Waals surface area (Å²) in [6, 6.07) is 5.44. The first-order valence-corrected chi connectivity index (χ1v) is 6.28. The van der Waals surface area contributed by atoms with Gasteiger partial charge in [0, 0.05) is 12.7 Å². The second-order valence-corrected chi connectivity index (χ2v) is 4.72. The highest BCUT2D eigenvalue weighted by atomic mass is 35.5. The van der Waals surface area contributed by atoms with Gasteiger partial charge in [0.1, 0.15) is 10.1 Å². The molecule has 102 valence electrons.